The first-order valence-corrected chi connectivity index (χ1v) is 17.5. The maximum atomic E-state index is 3.93. The molecule has 0 aliphatic rings. The molecule has 2 heteroatoms. The van der Waals surface area contributed by atoms with Crippen LogP contribution < -0.4 is 0 Å². The molecule has 2 heterocycles. The van der Waals surface area contributed by atoms with Gasteiger partial charge in [0.1, 0.15) is 0 Å². The molecule has 0 N–H and O–H groups in total. The SMILES string of the molecule is C=Cc1ccc(C(CC)C(CC)Cc2ccc(Cn3c4ccccc4c4ccc5c(c6ccccc6n5-c5ccccc5)c43)cc2)cc1. The molecule has 8 aromatic rings. The Labute approximate surface area is 283 Å². The molecular formula is C46H42N2. The second kappa shape index (κ2) is 12.7. The second-order valence-corrected chi connectivity index (χ2v) is 13.2. The molecule has 0 aliphatic carbocycles. The Balaban J connectivity index is 1.19. The van der Waals surface area contributed by atoms with Gasteiger partial charge >= 0.3 is 0 Å². The average molecular weight is 623 g/mol. The van der Waals surface area contributed by atoms with Crippen molar-refractivity contribution in [2.45, 2.75) is 45.6 Å². The number of hydrogen-bond acceptors (Lipinski definition) is 0. The fraction of sp³-hybridized carbons (Fsp3) is 0.174. The molecule has 0 spiro atoms. The van der Waals surface area contributed by atoms with Gasteiger partial charge < -0.3 is 9.13 Å². The van der Waals surface area contributed by atoms with E-state index in [1.807, 2.05) is 6.08 Å². The molecule has 6 aromatic carbocycles. The van der Waals surface area contributed by atoms with E-state index in [9.17, 15) is 0 Å². The second-order valence-electron chi connectivity index (χ2n) is 13.2. The molecule has 0 amide bonds. The van der Waals surface area contributed by atoms with Crippen LogP contribution in [0.2, 0.25) is 0 Å². The van der Waals surface area contributed by atoms with E-state index in [1.165, 1.54) is 71.6 Å². The van der Waals surface area contributed by atoms with E-state index in [-0.39, 0.29) is 0 Å². The van der Waals surface area contributed by atoms with Gasteiger partial charge in [-0.05, 0) is 77.3 Å². The Bertz CT molecular complexity index is 2370. The highest BCUT2D eigenvalue weighted by molar-refractivity contribution is 6.25. The summed E-state index contributed by atoms with van der Waals surface area (Å²) in [7, 11) is 0. The summed E-state index contributed by atoms with van der Waals surface area (Å²) < 4.78 is 4.97. The number of nitrogens with zero attached hydrogens (tertiary/aromatic N) is 2. The van der Waals surface area contributed by atoms with E-state index in [1.54, 1.807) is 0 Å². The van der Waals surface area contributed by atoms with E-state index < -0.39 is 0 Å². The van der Waals surface area contributed by atoms with Crippen molar-refractivity contribution in [3.63, 3.8) is 0 Å². The summed E-state index contributed by atoms with van der Waals surface area (Å²) in [5, 5.41) is 5.22. The minimum atomic E-state index is 0.548. The lowest BCUT2D eigenvalue weighted by Gasteiger charge is -2.26. The molecule has 48 heavy (non-hydrogen) atoms. The molecule has 0 aliphatic heterocycles. The number of hydrogen-bond donors (Lipinski definition) is 0. The summed E-state index contributed by atoms with van der Waals surface area (Å²) in [6.45, 7) is 9.42. The van der Waals surface area contributed by atoms with Gasteiger partial charge in [0.05, 0.1) is 16.6 Å². The van der Waals surface area contributed by atoms with Crippen LogP contribution in [0.25, 0.3) is 55.4 Å². The van der Waals surface area contributed by atoms with Crippen LogP contribution in [-0.4, -0.2) is 9.13 Å². The fourth-order valence-electron chi connectivity index (χ4n) is 8.17. The third kappa shape index (κ3) is 5.13. The molecule has 2 nitrogen and oxygen atoms in total. The van der Waals surface area contributed by atoms with Crippen molar-refractivity contribution >= 4 is 49.7 Å². The van der Waals surface area contributed by atoms with E-state index in [0.29, 0.717) is 11.8 Å². The summed E-state index contributed by atoms with van der Waals surface area (Å²) in [4.78, 5) is 0. The maximum absolute atomic E-state index is 3.93. The Morgan fingerprint density at radius 2 is 1.25 bits per heavy atom. The minimum Gasteiger partial charge on any atom is -0.335 e. The third-order valence-corrected chi connectivity index (χ3v) is 10.6. The molecule has 236 valence electrons. The predicted octanol–water partition coefficient (Wildman–Crippen LogP) is 12.3. The molecule has 0 radical (unpaired) electrons. The van der Waals surface area contributed by atoms with Gasteiger partial charge in [-0.25, -0.2) is 0 Å². The van der Waals surface area contributed by atoms with Crippen LogP contribution in [0.15, 0.2) is 146 Å². The number of rotatable bonds is 10. The highest BCUT2D eigenvalue weighted by Crippen LogP contribution is 2.41. The van der Waals surface area contributed by atoms with Crippen molar-refractivity contribution in [3.8, 4) is 5.69 Å². The van der Waals surface area contributed by atoms with Gasteiger partial charge in [-0.3, -0.25) is 0 Å². The molecule has 2 atom stereocenters. The van der Waals surface area contributed by atoms with Gasteiger partial charge in [0, 0.05) is 39.3 Å². The normalized spacial score (nSPS) is 13.0. The van der Waals surface area contributed by atoms with Crippen LogP contribution in [0.3, 0.4) is 0 Å². The summed E-state index contributed by atoms with van der Waals surface area (Å²) in [6.07, 6.45) is 5.33. The standard InChI is InChI=1S/C46H42N2/c1-4-32-24-26-36(27-25-32)38(6-3)35(5-2)30-33-20-22-34(23-21-33)31-47-42-18-12-10-16-39(42)40-28-29-44-45(46(40)47)41-17-11-13-19-43(41)48(44)37-14-8-7-9-15-37/h4,7-29,35,38H,1,5-6,30-31H2,2-3H3. The monoisotopic (exact) mass is 622 g/mol. The number of para-hydroxylation sites is 3. The molecule has 0 fully saturated rings. The van der Waals surface area contributed by atoms with E-state index in [2.05, 4.69) is 169 Å². The van der Waals surface area contributed by atoms with Gasteiger partial charge in [0.2, 0.25) is 0 Å². The number of fused-ring (bicyclic) bond motifs is 7. The lowest BCUT2D eigenvalue weighted by Crippen LogP contribution is -2.15. The summed E-state index contributed by atoms with van der Waals surface area (Å²) >= 11 is 0. The minimum absolute atomic E-state index is 0.548. The van der Waals surface area contributed by atoms with Crippen LogP contribution in [0.4, 0.5) is 0 Å². The Hall–Kier alpha value is -5.34. The third-order valence-electron chi connectivity index (χ3n) is 10.6. The lowest BCUT2D eigenvalue weighted by molar-refractivity contribution is 0.397. The van der Waals surface area contributed by atoms with Gasteiger partial charge in [0.25, 0.3) is 0 Å². The van der Waals surface area contributed by atoms with Crippen molar-refractivity contribution in [1.82, 2.24) is 9.13 Å². The zero-order valence-corrected chi connectivity index (χ0v) is 27.9. The van der Waals surface area contributed by atoms with Crippen molar-refractivity contribution in [2.24, 2.45) is 5.92 Å². The molecule has 0 saturated heterocycles. The largest absolute Gasteiger partial charge is 0.335 e. The quantitative estimate of drug-likeness (QED) is 0.144. The summed E-state index contributed by atoms with van der Waals surface area (Å²) in [5.74, 6) is 1.15. The molecule has 0 saturated carbocycles. The Morgan fingerprint density at radius 1 is 0.583 bits per heavy atom. The Kier molecular flexibility index (Phi) is 7.94. The van der Waals surface area contributed by atoms with E-state index >= 15 is 0 Å². The van der Waals surface area contributed by atoms with Crippen LogP contribution in [0, 0.1) is 5.92 Å². The van der Waals surface area contributed by atoms with Crippen molar-refractivity contribution in [2.75, 3.05) is 0 Å². The number of benzene rings is 6. The molecule has 2 unspecified atom stereocenters. The first-order chi connectivity index (χ1) is 23.7. The zero-order valence-electron chi connectivity index (χ0n) is 27.9. The Morgan fingerprint density at radius 3 is 1.96 bits per heavy atom. The maximum Gasteiger partial charge on any atom is 0.0596 e. The van der Waals surface area contributed by atoms with Gasteiger partial charge in [-0.1, -0.05) is 142 Å². The first-order valence-electron chi connectivity index (χ1n) is 17.5. The highest BCUT2D eigenvalue weighted by atomic mass is 15.0. The van der Waals surface area contributed by atoms with Crippen molar-refractivity contribution in [1.29, 1.82) is 0 Å². The predicted molar refractivity (Wildman–Crippen MR) is 206 cm³/mol. The molecule has 2 aromatic heterocycles. The van der Waals surface area contributed by atoms with Crippen LogP contribution in [-0.2, 0) is 13.0 Å². The molecular weight excluding hydrogens is 581 g/mol. The summed E-state index contributed by atoms with van der Waals surface area (Å²) in [6, 6.07) is 51.6. The van der Waals surface area contributed by atoms with E-state index in [0.717, 1.165) is 25.8 Å². The fourth-order valence-corrected chi connectivity index (χ4v) is 8.17. The van der Waals surface area contributed by atoms with Crippen LogP contribution in [0.5, 0.6) is 0 Å². The van der Waals surface area contributed by atoms with Gasteiger partial charge in [-0.2, -0.15) is 0 Å². The topological polar surface area (TPSA) is 9.86 Å². The van der Waals surface area contributed by atoms with E-state index in [4.69, 9.17) is 0 Å². The molecule has 8 rings (SSSR count). The highest BCUT2D eigenvalue weighted by Gasteiger charge is 2.22. The van der Waals surface area contributed by atoms with Crippen molar-refractivity contribution in [3.05, 3.63) is 168 Å². The molecule has 0 bridgehead atoms. The van der Waals surface area contributed by atoms with Crippen LogP contribution >= 0.6 is 0 Å². The van der Waals surface area contributed by atoms with Crippen LogP contribution in [0.1, 0.15) is 54.9 Å². The van der Waals surface area contributed by atoms with Gasteiger partial charge in [-0.15, -0.1) is 0 Å². The van der Waals surface area contributed by atoms with Crippen molar-refractivity contribution < 1.29 is 0 Å². The zero-order chi connectivity index (χ0) is 32.6. The average Bonchev–Trinajstić information content (AvgIpc) is 3.65. The number of aromatic nitrogens is 2. The summed E-state index contributed by atoms with van der Waals surface area (Å²) in [5.41, 5.74) is 11.6. The lowest BCUT2D eigenvalue weighted by atomic mass is 9.79. The first kappa shape index (κ1) is 30.0. The smallest absolute Gasteiger partial charge is 0.0596 e. The van der Waals surface area contributed by atoms with Gasteiger partial charge in [0.15, 0.2) is 0 Å².